The van der Waals surface area contributed by atoms with Crippen LogP contribution in [-0.4, -0.2) is 57.7 Å². The molecule has 1 aliphatic heterocycles. The highest BCUT2D eigenvalue weighted by atomic mass is 35.5. The van der Waals surface area contributed by atoms with Crippen molar-refractivity contribution in [2.45, 2.75) is 38.8 Å². The van der Waals surface area contributed by atoms with Gasteiger partial charge in [0.05, 0.1) is 17.8 Å². The molecule has 0 saturated carbocycles. The van der Waals surface area contributed by atoms with Crippen LogP contribution in [0.25, 0.3) is 0 Å². The lowest BCUT2D eigenvalue weighted by Gasteiger charge is -2.38. The predicted molar refractivity (Wildman–Crippen MR) is 98.5 cm³/mol. The third-order valence-electron chi connectivity index (χ3n) is 4.39. The van der Waals surface area contributed by atoms with Gasteiger partial charge in [0.2, 0.25) is 5.95 Å². The van der Waals surface area contributed by atoms with Gasteiger partial charge < -0.3 is 19.9 Å². The van der Waals surface area contributed by atoms with Crippen molar-refractivity contribution < 1.29 is 9.53 Å². The van der Waals surface area contributed by atoms with Crippen LogP contribution in [0.1, 0.15) is 36.6 Å². The number of ether oxygens (including phenoxy) is 1. The number of anilines is 1. The van der Waals surface area contributed by atoms with Gasteiger partial charge >= 0.3 is 0 Å². The minimum atomic E-state index is -0.272. The lowest BCUT2D eigenvalue weighted by atomic mass is 10.0. The first-order chi connectivity index (χ1) is 12.6. The number of carbonyl (C=O) groups excluding carboxylic acids is 1. The summed E-state index contributed by atoms with van der Waals surface area (Å²) in [6.45, 7) is 5.80. The second-order valence-electron chi connectivity index (χ2n) is 6.07. The number of hydrogen-bond acceptors (Lipinski definition) is 6. The molecule has 0 aliphatic carbocycles. The van der Waals surface area contributed by atoms with Crippen molar-refractivity contribution in [3.8, 4) is 0 Å². The number of piperidine rings is 1. The third kappa shape index (κ3) is 4.13. The summed E-state index contributed by atoms with van der Waals surface area (Å²) in [5.41, 5.74) is 0.759. The highest BCUT2D eigenvalue weighted by Crippen LogP contribution is 2.19. The molecule has 1 amide bonds. The molecule has 3 rings (SSSR count). The zero-order valence-corrected chi connectivity index (χ0v) is 15.7. The van der Waals surface area contributed by atoms with Gasteiger partial charge in [-0.1, -0.05) is 18.5 Å². The molecule has 1 saturated heterocycles. The van der Waals surface area contributed by atoms with Crippen LogP contribution < -0.4 is 10.2 Å². The van der Waals surface area contributed by atoms with Gasteiger partial charge in [0, 0.05) is 32.1 Å². The van der Waals surface area contributed by atoms with E-state index >= 15 is 0 Å². The van der Waals surface area contributed by atoms with Gasteiger partial charge in [0.15, 0.2) is 11.0 Å². The molecule has 140 valence electrons. The van der Waals surface area contributed by atoms with Gasteiger partial charge in [-0.15, -0.1) is 0 Å². The molecular formula is C17H23ClN6O2. The second-order valence-corrected chi connectivity index (χ2v) is 6.42. The summed E-state index contributed by atoms with van der Waals surface area (Å²) < 4.78 is 5.87. The molecule has 1 fully saturated rings. The number of rotatable bonds is 6. The van der Waals surface area contributed by atoms with Crippen LogP contribution in [0.4, 0.5) is 5.95 Å². The minimum absolute atomic E-state index is 0.114. The van der Waals surface area contributed by atoms with Crippen LogP contribution in [0.15, 0.2) is 18.5 Å². The summed E-state index contributed by atoms with van der Waals surface area (Å²) in [4.78, 5) is 30.3. The Morgan fingerprint density at radius 2 is 2.19 bits per heavy atom. The van der Waals surface area contributed by atoms with Crippen molar-refractivity contribution >= 4 is 23.5 Å². The molecule has 26 heavy (non-hydrogen) atoms. The summed E-state index contributed by atoms with van der Waals surface area (Å²) in [7, 11) is 0. The maximum absolute atomic E-state index is 12.5. The summed E-state index contributed by atoms with van der Waals surface area (Å²) >= 11 is 6.03. The predicted octanol–water partition coefficient (Wildman–Crippen LogP) is 1.83. The standard InChI is InChI=1S/C17H23ClN6O2/c1-3-11-14(18)23-15(21-11)16(25)22-12-6-9-24(10-13(12)26-4-2)17-19-7-5-8-20-17/h5,7-8,12-13H,3-4,6,9-10H2,1-2H3,(H,21,23)(H,22,25). The van der Waals surface area contributed by atoms with Crippen LogP contribution in [0.2, 0.25) is 5.15 Å². The maximum atomic E-state index is 12.5. The van der Waals surface area contributed by atoms with Crippen molar-refractivity contribution in [3.05, 3.63) is 35.1 Å². The molecule has 2 aromatic heterocycles. The van der Waals surface area contributed by atoms with Crippen LogP contribution in [0.5, 0.6) is 0 Å². The highest BCUT2D eigenvalue weighted by Gasteiger charge is 2.32. The van der Waals surface area contributed by atoms with Crippen LogP contribution in [-0.2, 0) is 11.2 Å². The van der Waals surface area contributed by atoms with E-state index in [1.807, 2.05) is 13.8 Å². The number of H-pyrrole nitrogens is 1. The van der Waals surface area contributed by atoms with Gasteiger partial charge in [-0.2, -0.15) is 0 Å². The lowest BCUT2D eigenvalue weighted by Crippen LogP contribution is -2.55. The number of aromatic nitrogens is 4. The number of amides is 1. The van der Waals surface area contributed by atoms with E-state index in [1.54, 1.807) is 18.5 Å². The fourth-order valence-corrected chi connectivity index (χ4v) is 3.33. The first kappa shape index (κ1) is 18.6. The monoisotopic (exact) mass is 378 g/mol. The highest BCUT2D eigenvalue weighted by molar-refractivity contribution is 6.30. The average Bonchev–Trinajstić information content (AvgIpc) is 3.05. The topological polar surface area (TPSA) is 96.0 Å². The van der Waals surface area contributed by atoms with Crippen molar-refractivity contribution in [3.63, 3.8) is 0 Å². The van der Waals surface area contributed by atoms with Crippen LogP contribution >= 0.6 is 11.6 Å². The molecule has 0 aromatic carbocycles. The number of imidazole rings is 1. The summed E-state index contributed by atoms with van der Waals surface area (Å²) in [6.07, 6.45) is 4.70. The van der Waals surface area contributed by atoms with Gasteiger partial charge in [-0.05, 0) is 25.8 Å². The van der Waals surface area contributed by atoms with Crippen molar-refractivity contribution in [2.75, 3.05) is 24.6 Å². The molecule has 9 heteroatoms. The Morgan fingerprint density at radius 1 is 1.42 bits per heavy atom. The zero-order valence-electron chi connectivity index (χ0n) is 14.9. The SMILES string of the molecule is CCOC1CN(c2ncccn2)CCC1NC(=O)c1nc(Cl)c(CC)[nH]1. The van der Waals surface area contributed by atoms with Gasteiger partial charge in [-0.25, -0.2) is 15.0 Å². The number of halogens is 1. The van der Waals surface area contributed by atoms with Crippen molar-refractivity contribution in [1.29, 1.82) is 0 Å². The van der Waals surface area contributed by atoms with E-state index in [1.165, 1.54) is 0 Å². The summed E-state index contributed by atoms with van der Waals surface area (Å²) in [5, 5.41) is 3.37. The quantitative estimate of drug-likeness (QED) is 0.796. The number of nitrogens with one attached hydrogen (secondary N) is 2. The molecule has 0 radical (unpaired) electrons. The smallest absolute Gasteiger partial charge is 0.287 e. The molecule has 2 atom stereocenters. The number of nitrogens with zero attached hydrogens (tertiary/aromatic N) is 4. The molecule has 3 heterocycles. The Kier molecular flexibility index (Phi) is 6.05. The largest absolute Gasteiger partial charge is 0.375 e. The Balaban J connectivity index is 1.67. The summed E-state index contributed by atoms with van der Waals surface area (Å²) in [6, 6.07) is 1.67. The fraction of sp³-hybridized carbons (Fsp3) is 0.529. The van der Waals surface area contributed by atoms with E-state index in [4.69, 9.17) is 16.3 Å². The second kappa shape index (κ2) is 8.46. The molecule has 2 unspecified atom stereocenters. The molecule has 8 nitrogen and oxygen atoms in total. The Morgan fingerprint density at radius 3 is 2.85 bits per heavy atom. The Bertz CT molecular complexity index is 738. The van der Waals surface area contributed by atoms with Crippen molar-refractivity contribution in [2.24, 2.45) is 0 Å². The molecule has 0 bridgehead atoms. The summed E-state index contributed by atoms with van der Waals surface area (Å²) in [5.74, 6) is 0.633. The van der Waals surface area contributed by atoms with Gasteiger partial charge in [-0.3, -0.25) is 4.79 Å². The number of aromatic amines is 1. The van der Waals surface area contributed by atoms with Crippen molar-refractivity contribution in [1.82, 2.24) is 25.3 Å². The van der Waals surface area contributed by atoms with E-state index in [0.717, 1.165) is 18.7 Å². The fourth-order valence-electron chi connectivity index (χ4n) is 3.07. The van der Waals surface area contributed by atoms with Gasteiger partial charge in [0.1, 0.15) is 0 Å². The van der Waals surface area contributed by atoms with E-state index < -0.39 is 0 Å². The normalized spacial score (nSPS) is 20.2. The number of hydrogen-bond donors (Lipinski definition) is 2. The average molecular weight is 379 g/mol. The molecule has 2 aromatic rings. The third-order valence-corrected chi connectivity index (χ3v) is 4.70. The molecule has 2 N–H and O–H groups in total. The van der Waals surface area contributed by atoms with E-state index in [2.05, 4.69) is 30.2 Å². The maximum Gasteiger partial charge on any atom is 0.287 e. The first-order valence-corrected chi connectivity index (χ1v) is 9.19. The zero-order chi connectivity index (χ0) is 18.5. The molecule has 1 aliphatic rings. The first-order valence-electron chi connectivity index (χ1n) is 8.81. The molecule has 0 spiro atoms. The van der Waals surface area contributed by atoms with Crippen LogP contribution in [0, 0.1) is 0 Å². The number of carbonyl (C=O) groups is 1. The molecular weight excluding hydrogens is 356 g/mol. The van der Waals surface area contributed by atoms with E-state index in [-0.39, 0.29) is 23.9 Å². The minimum Gasteiger partial charge on any atom is -0.375 e. The number of aryl methyl sites for hydroxylation is 1. The van der Waals surface area contributed by atoms with Gasteiger partial charge in [0.25, 0.3) is 5.91 Å². The van der Waals surface area contributed by atoms with E-state index in [0.29, 0.717) is 30.7 Å². The van der Waals surface area contributed by atoms with E-state index in [9.17, 15) is 4.79 Å². The Labute approximate surface area is 157 Å². The Hall–Kier alpha value is -2.19. The lowest BCUT2D eigenvalue weighted by molar-refractivity contribution is 0.0269. The van der Waals surface area contributed by atoms with Crippen LogP contribution in [0.3, 0.4) is 0 Å².